The second-order valence-electron chi connectivity index (χ2n) is 8.27. The van der Waals surface area contributed by atoms with E-state index in [-0.39, 0.29) is 11.9 Å². The molecule has 0 saturated heterocycles. The molecular formula is C27H26N4OS. The van der Waals surface area contributed by atoms with E-state index in [4.69, 9.17) is 0 Å². The Morgan fingerprint density at radius 2 is 1.79 bits per heavy atom. The van der Waals surface area contributed by atoms with Crippen LogP contribution in [0.3, 0.4) is 0 Å². The molecule has 3 aromatic heterocycles. The summed E-state index contributed by atoms with van der Waals surface area (Å²) in [4.78, 5) is 23.8. The van der Waals surface area contributed by atoms with Gasteiger partial charge < -0.3 is 10.6 Å². The summed E-state index contributed by atoms with van der Waals surface area (Å²) >= 11 is 1.70. The van der Waals surface area contributed by atoms with E-state index < -0.39 is 0 Å². The monoisotopic (exact) mass is 454 g/mol. The summed E-state index contributed by atoms with van der Waals surface area (Å²) in [5, 5.41) is 7.74. The standard InChI is InChI=1S/C27H26N4OS/c1-18-10-9-16-23(29-18)30-25(21-14-7-8-17-28-21)24-20-13-5-6-15-22(20)33-27(24)31-26(32)19-11-3-2-4-12-19/h2-4,7-12,14,16-17,25H,5-6,13,15H2,1H3,(H,29,30)(H,31,32)/t25-/m0/s1. The molecule has 4 aromatic rings. The van der Waals surface area contributed by atoms with Gasteiger partial charge in [-0.25, -0.2) is 4.98 Å². The van der Waals surface area contributed by atoms with Gasteiger partial charge in [0.05, 0.1) is 11.7 Å². The average Bonchev–Trinajstić information content (AvgIpc) is 3.21. The molecule has 3 heterocycles. The number of amides is 1. The first-order chi connectivity index (χ1) is 16.2. The Morgan fingerprint density at radius 1 is 0.970 bits per heavy atom. The maximum atomic E-state index is 13.1. The van der Waals surface area contributed by atoms with Crippen LogP contribution in [0, 0.1) is 6.92 Å². The number of rotatable bonds is 6. The highest BCUT2D eigenvalue weighted by Crippen LogP contribution is 2.44. The Hall–Kier alpha value is -3.51. The molecule has 0 unspecified atom stereocenters. The highest BCUT2D eigenvalue weighted by molar-refractivity contribution is 7.16. The molecule has 0 radical (unpaired) electrons. The summed E-state index contributed by atoms with van der Waals surface area (Å²) in [7, 11) is 0. The van der Waals surface area contributed by atoms with Crippen LogP contribution in [0.5, 0.6) is 0 Å². The largest absolute Gasteiger partial charge is 0.357 e. The van der Waals surface area contributed by atoms with Gasteiger partial charge in [-0.3, -0.25) is 9.78 Å². The van der Waals surface area contributed by atoms with Crippen LogP contribution < -0.4 is 10.6 Å². The van der Waals surface area contributed by atoms with E-state index >= 15 is 0 Å². The molecule has 1 aliphatic rings. The maximum Gasteiger partial charge on any atom is 0.256 e. The molecule has 166 valence electrons. The zero-order valence-corrected chi connectivity index (χ0v) is 19.4. The summed E-state index contributed by atoms with van der Waals surface area (Å²) < 4.78 is 0. The van der Waals surface area contributed by atoms with Crippen LogP contribution in [0.2, 0.25) is 0 Å². The minimum atomic E-state index is -0.218. The summed E-state index contributed by atoms with van der Waals surface area (Å²) in [5.74, 6) is 0.700. The van der Waals surface area contributed by atoms with Crippen LogP contribution in [0.4, 0.5) is 10.8 Å². The third-order valence-corrected chi connectivity index (χ3v) is 7.15. The zero-order chi connectivity index (χ0) is 22.6. The molecule has 1 amide bonds. The second-order valence-corrected chi connectivity index (χ2v) is 9.38. The summed E-state index contributed by atoms with van der Waals surface area (Å²) in [5.41, 5.74) is 4.95. The number of fused-ring (bicyclic) bond motifs is 1. The molecule has 0 saturated carbocycles. The quantitative estimate of drug-likeness (QED) is 0.365. The van der Waals surface area contributed by atoms with E-state index in [9.17, 15) is 4.79 Å². The lowest BCUT2D eigenvalue weighted by Crippen LogP contribution is -2.19. The van der Waals surface area contributed by atoms with Gasteiger partial charge in [0.2, 0.25) is 0 Å². The Bertz CT molecular complexity index is 1250. The third-order valence-electron chi connectivity index (χ3n) is 5.93. The first-order valence-corrected chi connectivity index (χ1v) is 12.1. The molecule has 33 heavy (non-hydrogen) atoms. The van der Waals surface area contributed by atoms with Crippen molar-refractivity contribution in [3.05, 3.63) is 106 Å². The Kier molecular flexibility index (Phi) is 6.17. The number of anilines is 2. The van der Waals surface area contributed by atoms with Crippen molar-refractivity contribution in [2.75, 3.05) is 10.6 Å². The fourth-order valence-corrected chi connectivity index (χ4v) is 5.69. The van der Waals surface area contributed by atoms with Gasteiger partial charge in [0.25, 0.3) is 5.91 Å². The molecule has 6 heteroatoms. The minimum absolute atomic E-state index is 0.0936. The van der Waals surface area contributed by atoms with Crippen LogP contribution in [0.15, 0.2) is 72.9 Å². The van der Waals surface area contributed by atoms with Crippen molar-refractivity contribution < 1.29 is 4.79 Å². The lowest BCUT2D eigenvalue weighted by Gasteiger charge is -2.23. The van der Waals surface area contributed by atoms with Gasteiger partial charge in [-0.2, -0.15) is 0 Å². The number of nitrogens with zero attached hydrogens (tertiary/aromatic N) is 2. The number of aryl methyl sites for hydroxylation is 2. The number of carbonyl (C=O) groups is 1. The number of aromatic nitrogens is 2. The van der Waals surface area contributed by atoms with Crippen molar-refractivity contribution in [3.8, 4) is 0 Å². The van der Waals surface area contributed by atoms with E-state index in [0.717, 1.165) is 47.0 Å². The van der Waals surface area contributed by atoms with Gasteiger partial charge in [-0.15, -0.1) is 11.3 Å². The maximum absolute atomic E-state index is 13.1. The molecule has 1 atom stereocenters. The van der Waals surface area contributed by atoms with E-state index in [0.29, 0.717) is 5.56 Å². The lowest BCUT2D eigenvalue weighted by atomic mass is 9.91. The number of benzene rings is 1. The Balaban J connectivity index is 1.60. The summed E-state index contributed by atoms with van der Waals surface area (Å²) in [6.07, 6.45) is 6.20. The van der Waals surface area contributed by atoms with Crippen LogP contribution in [-0.4, -0.2) is 15.9 Å². The SMILES string of the molecule is Cc1cccc(N[C@@H](c2ccccn2)c2c(NC(=O)c3ccccc3)sc3c2CCCC3)n1. The molecule has 0 fully saturated rings. The molecule has 5 rings (SSSR count). The molecule has 1 aliphatic carbocycles. The van der Waals surface area contributed by atoms with E-state index in [2.05, 4.69) is 20.6 Å². The lowest BCUT2D eigenvalue weighted by molar-refractivity contribution is 0.102. The molecule has 2 N–H and O–H groups in total. The third kappa shape index (κ3) is 4.66. The van der Waals surface area contributed by atoms with Gasteiger partial charge in [-0.05, 0) is 74.6 Å². The number of nitrogens with one attached hydrogen (secondary N) is 2. The van der Waals surface area contributed by atoms with Crippen LogP contribution in [0.25, 0.3) is 0 Å². The Labute approximate surface area is 197 Å². The van der Waals surface area contributed by atoms with Crippen LogP contribution in [-0.2, 0) is 12.8 Å². The van der Waals surface area contributed by atoms with Crippen molar-refractivity contribution in [1.82, 2.24) is 9.97 Å². The van der Waals surface area contributed by atoms with Gasteiger partial charge in [-0.1, -0.05) is 30.3 Å². The van der Waals surface area contributed by atoms with Crippen LogP contribution >= 0.6 is 11.3 Å². The number of pyridine rings is 2. The molecule has 1 aromatic carbocycles. The smallest absolute Gasteiger partial charge is 0.256 e. The number of carbonyl (C=O) groups excluding carboxylic acids is 1. The molecule has 5 nitrogen and oxygen atoms in total. The van der Waals surface area contributed by atoms with Gasteiger partial charge >= 0.3 is 0 Å². The highest BCUT2D eigenvalue weighted by Gasteiger charge is 2.29. The summed E-state index contributed by atoms with van der Waals surface area (Å²) in [6, 6.07) is 21.1. The van der Waals surface area contributed by atoms with E-state index in [1.807, 2.05) is 79.9 Å². The fourth-order valence-electron chi connectivity index (χ4n) is 4.37. The Morgan fingerprint density at radius 3 is 2.58 bits per heavy atom. The molecule has 0 bridgehead atoms. The average molecular weight is 455 g/mol. The predicted octanol–water partition coefficient (Wildman–Crippen LogP) is 6.18. The topological polar surface area (TPSA) is 66.9 Å². The van der Waals surface area contributed by atoms with Crippen molar-refractivity contribution >= 4 is 28.1 Å². The molecule has 0 aliphatic heterocycles. The van der Waals surface area contributed by atoms with Gasteiger partial charge in [0.1, 0.15) is 10.8 Å². The van der Waals surface area contributed by atoms with Gasteiger partial charge in [0.15, 0.2) is 0 Å². The van der Waals surface area contributed by atoms with Gasteiger partial charge in [0, 0.05) is 27.9 Å². The summed E-state index contributed by atoms with van der Waals surface area (Å²) in [6.45, 7) is 1.99. The number of hydrogen-bond acceptors (Lipinski definition) is 5. The molecule has 0 spiro atoms. The van der Waals surface area contributed by atoms with Crippen molar-refractivity contribution in [2.24, 2.45) is 0 Å². The van der Waals surface area contributed by atoms with Crippen molar-refractivity contribution in [1.29, 1.82) is 0 Å². The van der Waals surface area contributed by atoms with E-state index in [1.54, 1.807) is 11.3 Å². The highest BCUT2D eigenvalue weighted by atomic mass is 32.1. The van der Waals surface area contributed by atoms with Crippen LogP contribution in [0.1, 0.15) is 56.6 Å². The van der Waals surface area contributed by atoms with E-state index in [1.165, 1.54) is 16.9 Å². The first-order valence-electron chi connectivity index (χ1n) is 11.3. The van der Waals surface area contributed by atoms with Crippen molar-refractivity contribution in [2.45, 2.75) is 38.6 Å². The normalized spacial score (nSPS) is 13.7. The second kappa shape index (κ2) is 9.55. The van der Waals surface area contributed by atoms with Crippen molar-refractivity contribution in [3.63, 3.8) is 0 Å². The predicted molar refractivity (Wildman–Crippen MR) is 134 cm³/mol. The zero-order valence-electron chi connectivity index (χ0n) is 18.5. The first kappa shape index (κ1) is 21.3. The minimum Gasteiger partial charge on any atom is -0.357 e. The number of hydrogen-bond donors (Lipinski definition) is 2. The fraction of sp³-hybridized carbons (Fsp3) is 0.222. The number of thiophene rings is 1. The molecular weight excluding hydrogens is 428 g/mol.